The molecule has 2 aromatic heterocycles. The van der Waals surface area contributed by atoms with Gasteiger partial charge >= 0.3 is 0 Å². The first-order chi connectivity index (χ1) is 19.4. The maximum absolute atomic E-state index is 14.7. The molecule has 1 saturated heterocycles. The lowest BCUT2D eigenvalue weighted by atomic mass is 9.94. The number of likely N-dealkylation sites (tertiary alicyclic amines) is 1. The number of benzene rings is 2. The van der Waals surface area contributed by atoms with Gasteiger partial charge in [-0.05, 0) is 68.1 Å². The van der Waals surface area contributed by atoms with E-state index in [-0.39, 0.29) is 35.6 Å². The van der Waals surface area contributed by atoms with Crippen molar-refractivity contribution in [1.82, 2.24) is 30.4 Å². The number of aryl methyl sites for hydroxylation is 1. The molecule has 210 valence electrons. The van der Waals surface area contributed by atoms with Gasteiger partial charge in [-0.2, -0.15) is 0 Å². The third kappa shape index (κ3) is 6.45. The summed E-state index contributed by atoms with van der Waals surface area (Å²) in [7, 11) is 1.56. The van der Waals surface area contributed by atoms with Crippen LogP contribution in [-0.4, -0.2) is 57.8 Å². The number of fused-ring (bicyclic) bond motifs is 1. The number of ether oxygens (including phenoxy) is 2. The molecular formula is C28H31FN6O5. The molecule has 2 aromatic carbocycles. The Balaban J connectivity index is 1.18. The van der Waals surface area contributed by atoms with E-state index in [9.17, 15) is 14.0 Å². The van der Waals surface area contributed by atoms with Gasteiger partial charge < -0.3 is 24.2 Å². The SMILES string of the molecule is COc1cccc(CNC(=O)c2nc3ccc(F)c(OCCC4CCN(Cc5nnc(C)o5)CC4)c3c(=O)[nH]2)c1. The number of nitrogens with zero attached hydrogens (tertiary/aromatic N) is 4. The highest BCUT2D eigenvalue weighted by Gasteiger charge is 2.22. The normalized spacial score (nSPS) is 14.4. The molecule has 5 rings (SSSR count). The van der Waals surface area contributed by atoms with Crippen molar-refractivity contribution < 1.29 is 23.1 Å². The molecule has 1 aliphatic rings. The average molecular weight is 551 g/mol. The van der Waals surface area contributed by atoms with Gasteiger partial charge in [0.25, 0.3) is 11.5 Å². The minimum Gasteiger partial charge on any atom is -0.497 e. The molecule has 1 fully saturated rings. The summed E-state index contributed by atoms with van der Waals surface area (Å²) in [6.07, 6.45) is 2.65. The highest BCUT2D eigenvalue weighted by molar-refractivity contribution is 5.93. The molecule has 0 radical (unpaired) electrons. The van der Waals surface area contributed by atoms with Gasteiger partial charge in [0.05, 0.1) is 25.8 Å². The number of rotatable bonds is 10. The lowest BCUT2D eigenvalue weighted by Crippen LogP contribution is -2.33. The summed E-state index contributed by atoms with van der Waals surface area (Å²) in [5, 5.41) is 10.6. The van der Waals surface area contributed by atoms with Gasteiger partial charge in [-0.3, -0.25) is 14.5 Å². The number of amides is 1. The van der Waals surface area contributed by atoms with Crippen LogP contribution >= 0.6 is 0 Å². The smallest absolute Gasteiger partial charge is 0.287 e. The third-order valence-electron chi connectivity index (χ3n) is 6.99. The van der Waals surface area contributed by atoms with E-state index >= 15 is 0 Å². The van der Waals surface area contributed by atoms with Crippen LogP contribution < -0.4 is 20.3 Å². The van der Waals surface area contributed by atoms with Gasteiger partial charge in [0, 0.05) is 13.5 Å². The Hall–Kier alpha value is -4.32. The Labute approximate surface area is 229 Å². The van der Waals surface area contributed by atoms with Crippen molar-refractivity contribution in [1.29, 1.82) is 0 Å². The standard InChI is InChI=1S/C28H31FN6O5/c1-17-33-34-23(40-17)16-35-11-8-18(9-12-35)10-13-39-25-21(29)6-7-22-24(25)27(36)32-26(31-22)28(37)30-15-19-4-3-5-20(14-19)38-2/h3-7,14,18H,8-13,15-16H2,1-2H3,(H,30,37)(H,31,32,36). The molecule has 4 aromatic rings. The lowest BCUT2D eigenvalue weighted by Gasteiger charge is -2.30. The summed E-state index contributed by atoms with van der Waals surface area (Å²) in [5.74, 6) is 0.713. The van der Waals surface area contributed by atoms with Crippen LogP contribution in [0.1, 0.15) is 47.2 Å². The van der Waals surface area contributed by atoms with Crippen molar-refractivity contribution in [3.8, 4) is 11.5 Å². The largest absolute Gasteiger partial charge is 0.497 e. The second-order valence-electron chi connectivity index (χ2n) is 9.79. The van der Waals surface area contributed by atoms with Crippen LogP contribution in [0.2, 0.25) is 0 Å². The Kier molecular flexibility index (Phi) is 8.34. The monoisotopic (exact) mass is 550 g/mol. The van der Waals surface area contributed by atoms with Crippen molar-refractivity contribution in [2.75, 3.05) is 26.8 Å². The minimum atomic E-state index is -0.653. The van der Waals surface area contributed by atoms with Crippen molar-refractivity contribution in [2.45, 2.75) is 39.3 Å². The lowest BCUT2D eigenvalue weighted by molar-refractivity contribution is 0.0940. The molecule has 40 heavy (non-hydrogen) atoms. The zero-order valence-corrected chi connectivity index (χ0v) is 22.4. The van der Waals surface area contributed by atoms with Crippen LogP contribution in [0.4, 0.5) is 4.39 Å². The number of nitrogens with one attached hydrogen (secondary N) is 2. The maximum Gasteiger partial charge on any atom is 0.287 e. The van der Waals surface area contributed by atoms with E-state index in [4.69, 9.17) is 13.9 Å². The Morgan fingerprint density at radius 1 is 1.23 bits per heavy atom. The van der Waals surface area contributed by atoms with E-state index in [1.54, 1.807) is 26.2 Å². The number of carbonyl (C=O) groups is 1. The fourth-order valence-corrected chi connectivity index (χ4v) is 4.83. The topological polar surface area (TPSA) is 135 Å². The van der Waals surface area contributed by atoms with Gasteiger partial charge in [-0.1, -0.05) is 12.1 Å². The van der Waals surface area contributed by atoms with Gasteiger partial charge in [-0.15, -0.1) is 10.2 Å². The summed E-state index contributed by atoms with van der Waals surface area (Å²) in [5.41, 5.74) is 0.355. The number of aromatic amines is 1. The van der Waals surface area contributed by atoms with Crippen LogP contribution in [-0.2, 0) is 13.1 Å². The molecule has 0 spiro atoms. The molecule has 0 atom stereocenters. The Bertz CT molecular complexity index is 1550. The third-order valence-corrected chi connectivity index (χ3v) is 6.99. The van der Waals surface area contributed by atoms with E-state index < -0.39 is 17.3 Å². The van der Waals surface area contributed by atoms with Crippen molar-refractivity contribution in [2.24, 2.45) is 5.92 Å². The number of hydrogen-bond donors (Lipinski definition) is 2. The zero-order valence-electron chi connectivity index (χ0n) is 22.4. The second-order valence-corrected chi connectivity index (χ2v) is 9.79. The van der Waals surface area contributed by atoms with E-state index in [0.717, 1.165) is 37.9 Å². The summed E-state index contributed by atoms with van der Waals surface area (Å²) in [6.45, 7) is 4.65. The van der Waals surface area contributed by atoms with E-state index in [1.807, 2.05) is 12.1 Å². The molecule has 2 N–H and O–H groups in total. The van der Waals surface area contributed by atoms with E-state index in [2.05, 4.69) is 30.4 Å². The van der Waals surface area contributed by atoms with Crippen LogP contribution in [0.15, 0.2) is 45.6 Å². The predicted molar refractivity (Wildman–Crippen MR) is 144 cm³/mol. The average Bonchev–Trinajstić information content (AvgIpc) is 3.38. The van der Waals surface area contributed by atoms with Crippen LogP contribution in [0.3, 0.4) is 0 Å². The molecular weight excluding hydrogens is 519 g/mol. The van der Waals surface area contributed by atoms with Crippen molar-refractivity contribution in [3.05, 3.63) is 75.7 Å². The van der Waals surface area contributed by atoms with Crippen LogP contribution in [0, 0.1) is 18.7 Å². The van der Waals surface area contributed by atoms with Crippen LogP contribution in [0.5, 0.6) is 11.5 Å². The van der Waals surface area contributed by atoms with E-state index in [1.165, 1.54) is 12.1 Å². The zero-order chi connectivity index (χ0) is 28.1. The highest BCUT2D eigenvalue weighted by Crippen LogP contribution is 2.27. The number of aromatic nitrogens is 4. The first-order valence-electron chi connectivity index (χ1n) is 13.2. The van der Waals surface area contributed by atoms with Gasteiger partial charge in [-0.25, -0.2) is 9.37 Å². The molecule has 12 heteroatoms. The quantitative estimate of drug-likeness (QED) is 0.305. The first-order valence-corrected chi connectivity index (χ1v) is 13.2. The Morgan fingerprint density at radius 2 is 2.05 bits per heavy atom. The van der Waals surface area contributed by atoms with Crippen molar-refractivity contribution >= 4 is 16.8 Å². The van der Waals surface area contributed by atoms with Crippen molar-refractivity contribution in [3.63, 3.8) is 0 Å². The fraction of sp³-hybridized carbons (Fsp3) is 0.393. The minimum absolute atomic E-state index is 0.0194. The molecule has 0 bridgehead atoms. The highest BCUT2D eigenvalue weighted by atomic mass is 19.1. The maximum atomic E-state index is 14.7. The Morgan fingerprint density at radius 3 is 2.80 bits per heavy atom. The number of halogens is 1. The van der Waals surface area contributed by atoms with Gasteiger partial charge in [0.15, 0.2) is 17.4 Å². The summed E-state index contributed by atoms with van der Waals surface area (Å²) >= 11 is 0. The number of methoxy groups -OCH3 is 1. The summed E-state index contributed by atoms with van der Waals surface area (Å²) < 4.78 is 31.2. The fourth-order valence-electron chi connectivity index (χ4n) is 4.83. The summed E-state index contributed by atoms with van der Waals surface area (Å²) in [6, 6.07) is 9.81. The molecule has 0 aliphatic carbocycles. The predicted octanol–water partition coefficient (Wildman–Crippen LogP) is 3.37. The van der Waals surface area contributed by atoms with Crippen LogP contribution in [0.25, 0.3) is 10.9 Å². The van der Waals surface area contributed by atoms with E-state index in [0.29, 0.717) is 30.0 Å². The molecule has 11 nitrogen and oxygen atoms in total. The molecule has 1 aliphatic heterocycles. The molecule has 1 amide bonds. The summed E-state index contributed by atoms with van der Waals surface area (Å²) in [4.78, 5) is 34.6. The number of carbonyl (C=O) groups excluding carboxylic acids is 1. The molecule has 0 unspecified atom stereocenters. The molecule has 3 heterocycles. The van der Waals surface area contributed by atoms with Gasteiger partial charge in [0.2, 0.25) is 11.8 Å². The number of hydrogen-bond acceptors (Lipinski definition) is 9. The second kappa shape index (κ2) is 12.2. The first kappa shape index (κ1) is 27.3. The number of H-pyrrole nitrogens is 1. The molecule has 0 saturated carbocycles. The van der Waals surface area contributed by atoms with Gasteiger partial charge in [0.1, 0.15) is 11.1 Å². The number of piperidine rings is 1.